The molecular weight excluding hydrogens is 389 g/mol. The minimum absolute atomic E-state index is 0.127. The van der Waals surface area contributed by atoms with Crippen molar-refractivity contribution in [3.63, 3.8) is 0 Å². The minimum Gasteiger partial charge on any atom is -0.354 e. The Kier molecular flexibility index (Phi) is 6.98. The monoisotopic (exact) mass is 411 g/mol. The molecule has 2 heterocycles. The van der Waals surface area contributed by atoms with E-state index in [-0.39, 0.29) is 11.7 Å². The molecule has 9 heteroatoms. The molecule has 1 fully saturated rings. The van der Waals surface area contributed by atoms with Crippen molar-refractivity contribution in [3.05, 3.63) is 41.5 Å². The number of anilines is 1. The fourth-order valence-electron chi connectivity index (χ4n) is 2.87. The van der Waals surface area contributed by atoms with Gasteiger partial charge in [0.25, 0.3) is 0 Å². The van der Waals surface area contributed by atoms with E-state index in [1.54, 1.807) is 19.1 Å². The Morgan fingerprint density at radius 3 is 2.67 bits per heavy atom. The zero-order chi connectivity index (χ0) is 19.2. The third-order valence-electron chi connectivity index (χ3n) is 4.46. The predicted octanol–water partition coefficient (Wildman–Crippen LogP) is 2.13. The fourth-order valence-corrected chi connectivity index (χ4v) is 3.68. The molecule has 0 spiro atoms. The summed E-state index contributed by atoms with van der Waals surface area (Å²) in [6, 6.07) is 6.44. The molecule has 1 aliphatic rings. The van der Waals surface area contributed by atoms with Crippen molar-refractivity contribution in [2.75, 3.05) is 44.2 Å². The summed E-state index contributed by atoms with van der Waals surface area (Å²) in [5, 5.41) is 3.26. The van der Waals surface area contributed by atoms with E-state index in [1.807, 2.05) is 0 Å². The van der Waals surface area contributed by atoms with Crippen LogP contribution in [0.3, 0.4) is 0 Å². The maximum atomic E-state index is 13.0. The van der Waals surface area contributed by atoms with Crippen LogP contribution >= 0.6 is 23.1 Å². The van der Waals surface area contributed by atoms with Gasteiger partial charge in [-0.15, -0.1) is 11.6 Å². The summed E-state index contributed by atoms with van der Waals surface area (Å²) in [5.74, 6) is 0.403. The van der Waals surface area contributed by atoms with E-state index in [9.17, 15) is 9.18 Å². The Balaban J connectivity index is 1.44. The van der Waals surface area contributed by atoms with Gasteiger partial charge in [-0.2, -0.15) is 4.37 Å². The Morgan fingerprint density at radius 2 is 2.00 bits per heavy atom. The lowest BCUT2D eigenvalue weighted by Gasteiger charge is -2.34. The van der Waals surface area contributed by atoms with Gasteiger partial charge in [-0.05, 0) is 24.6 Å². The summed E-state index contributed by atoms with van der Waals surface area (Å²) in [6.07, 6.45) is 0.607. The Bertz CT molecular complexity index is 746. The fraction of sp³-hybridized carbons (Fsp3) is 0.500. The largest absolute Gasteiger partial charge is 0.354 e. The molecule has 146 valence electrons. The highest BCUT2D eigenvalue weighted by Crippen LogP contribution is 2.20. The van der Waals surface area contributed by atoms with Gasteiger partial charge < -0.3 is 10.2 Å². The molecule has 0 radical (unpaired) electrons. The predicted molar refractivity (Wildman–Crippen MR) is 106 cm³/mol. The zero-order valence-corrected chi connectivity index (χ0v) is 16.8. The zero-order valence-electron chi connectivity index (χ0n) is 15.2. The molecule has 1 aromatic heterocycles. The van der Waals surface area contributed by atoms with E-state index in [1.165, 1.54) is 23.7 Å². The number of halogens is 2. The average molecular weight is 412 g/mol. The van der Waals surface area contributed by atoms with E-state index in [2.05, 4.69) is 24.5 Å². The summed E-state index contributed by atoms with van der Waals surface area (Å²) in [7, 11) is 0. The summed E-state index contributed by atoms with van der Waals surface area (Å²) in [6.45, 7) is 6.68. The first-order chi connectivity index (χ1) is 13.0. The van der Waals surface area contributed by atoms with Gasteiger partial charge in [0, 0.05) is 57.2 Å². The highest BCUT2D eigenvalue weighted by molar-refractivity contribution is 7.09. The molecule has 6 nitrogen and oxygen atoms in total. The van der Waals surface area contributed by atoms with Gasteiger partial charge in [0.15, 0.2) is 0 Å². The Hall–Kier alpha value is -1.77. The van der Waals surface area contributed by atoms with Gasteiger partial charge in [0.2, 0.25) is 11.0 Å². The summed E-state index contributed by atoms with van der Waals surface area (Å²) < 4.78 is 17.4. The second-order valence-corrected chi connectivity index (χ2v) is 7.92. The normalized spacial score (nSPS) is 16.3. The van der Waals surface area contributed by atoms with Crippen molar-refractivity contribution in [1.82, 2.24) is 19.6 Å². The van der Waals surface area contributed by atoms with E-state index in [4.69, 9.17) is 11.6 Å². The van der Waals surface area contributed by atoms with Gasteiger partial charge in [-0.3, -0.25) is 9.69 Å². The first-order valence-corrected chi connectivity index (χ1v) is 10.2. The summed E-state index contributed by atoms with van der Waals surface area (Å²) in [4.78, 5) is 20.7. The highest BCUT2D eigenvalue weighted by Gasteiger charge is 2.20. The highest BCUT2D eigenvalue weighted by atomic mass is 35.5. The van der Waals surface area contributed by atoms with Crippen LogP contribution in [-0.2, 0) is 11.2 Å². The smallest absolute Gasteiger partial charge is 0.237 e. The number of aromatic nitrogens is 2. The van der Waals surface area contributed by atoms with Crippen LogP contribution in [0.2, 0.25) is 0 Å². The summed E-state index contributed by atoms with van der Waals surface area (Å²) in [5.41, 5.74) is 0.999. The van der Waals surface area contributed by atoms with E-state index < -0.39 is 5.38 Å². The number of nitrogens with zero attached hydrogens (tertiary/aromatic N) is 4. The van der Waals surface area contributed by atoms with Crippen LogP contribution < -0.4 is 10.2 Å². The SMILES string of the molecule is C[C@H](Cl)C(=O)NCCN1CCN(c2nc(Cc3ccc(F)cc3)ns2)CC1. The van der Waals surface area contributed by atoms with Crippen molar-refractivity contribution >= 4 is 34.2 Å². The van der Waals surface area contributed by atoms with Crippen LogP contribution in [0.25, 0.3) is 0 Å². The standard InChI is InChI=1S/C18H23ClFN5OS/c1-13(19)17(26)21-6-7-24-8-10-25(11-9-24)18-22-16(23-27-18)12-14-2-4-15(20)5-3-14/h2-5,13H,6-12H2,1H3,(H,21,26)/t13-/m0/s1. The maximum absolute atomic E-state index is 13.0. The molecule has 1 aliphatic heterocycles. The second-order valence-electron chi connectivity index (χ2n) is 6.53. The van der Waals surface area contributed by atoms with Crippen LogP contribution in [0, 0.1) is 5.82 Å². The molecule has 1 atom stereocenters. The number of rotatable bonds is 7. The number of amides is 1. The minimum atomic E-state index is -0.497. The number of hydrogen-bond donors (Lipinski definition) is 1. The molecule has 0 aliphatic carbocycles. The number of benzene rings is 1. The maximum Gasteiger partial charge on any atom is 0.237 e. The molecule has 2 aromatic rings. The number of hydrogen-bond acceptors (Lipinski definition) is 6. The first kappa shape index (κ1) is 20.0. The van der Waals surface area contributed by atoms with Gasteiger partial charge >= 0.3 is 0 Å². The van der Waals surface area contributed by atoms with Gasteiger partial charge in [-0.1, -0.05) is 12.1 Å². The van der Waals surface area contributed by atoms with Gasteiger partial charge in [0.1, 0.15) is 17.0 Å². The number of alkyl halides is 1. The lowest BCUT2D eigenvalue weighted by atomic mass is 10.1. The Labute approximate surface area is 167 Å². The lowest BCUT2D eigenvalue weighted by Crippen LogP contribution is -2.48. The molecule has 3 rings (SSSR count). The van der Waals surface area contributed by atoms with Gasteiger partial charge in [0.05, 0.1) is 0 Å². The molecule has 1 saturated heterocycles. The van der Waals surface area contributed by atoms with Crippen molar-refractivity contribution in [1.29, 1.82) is 0 Å². The van der Waals surface area contributed by atoms with Crippen molar-refractivity contribution in [3.8, 4) is 0 Å². The van der Waals surface area contributed by atoms with Crippen LogP contribution in [0.15, 0.2) is 24.3 Å². The summed E-state index contributed by atoms with van der Waals surface area (Å²) >= 11 is 7.14. The number of carbonyl (C=O) groups is 1. The van der Waals surface area contributed by atoms with E-state index in [0.29, 0.717) is 13.0 Å². The number of carbonyl (C=O) groups excluding carboxylic acids is 1. The van der Waals surface area contributed by atoms with Crippen LogP contribution in [-0.4, -0.2) is 64.8 Å². The molecule has 1 amide bonds. The average Bonchev–Trinajstić information content (AvgIpc) is 3.12. The van der Waals surface area contributed by atoms with Crippen molar-refractivity contribution in [2.24, 2.45) is 0 Å². The third-order valence-corrected chi connectivity index (χ3v) is 5.48. The second kappa shape index (κ2) is 9.43. The van der Waals surface area contributed by atoms with Crippen molar-refractivity contribution in [2.45, 2.75) is 18.7 Å². The lowest BCUT2D eigenvalue weighted by molar-refractivity contribution is -0.120. The first-order valence-electron chi connectivity index (χ1n) is 8.97. The Morgan fingerprint density at radius 1 is 1.30 bits per heavy atom. The molecule has 0 unspecified atom stereocenters. The molecule has 1 aromatic carbocycles. The van der Waals surface area contributed by atoms with Crippen LogP contribution in [0.1, 0.15) is 18.3 Å². The molecule has 0 saturated carbocycles. The van der Waals surface area contributed by atoms with E-state index in [0.717, 1.165) is 49.2 Å². The topological polar surface area (TPSA) is 61.4 Å². The molecular formula is C18H23ClFN5OS. The number of nitrogens with one attached hydrogen (secondary N) is 1. The van der Waals surface area contributed by atoms with Gasteiger partial charge in [-0.25, -0.2) is 9.37 Å². The van der Waals surface area contributed by atoms with Crippen molar-refractivity contribution < 1.29 is 9.18 Å². The quantitative estimate of drug-likeness (QED) is 0.707. The van der Waals surface area contributed by atoms with E-state index >= 15 is 0 Å². The molecule has 0 bridgehead atoms. The van der Waals surface area contributed by atoms with Crippen LogP contribution in [0.5, 0.6) is 0 Å². The van der Waals surface area contributed by atoms with Crippen LogP contribution in [0.4, 0.5) is 9.52 Å². The molecule has 1 N–H and O–H groups in total. The number of piperazine rings is 1. The molecule has 27 heavy (non-hydrogen) atoms. The third kappa shape index (κ3) is 5.85.